The van der Waals surface area contributed by atoms with Gasteiger partial charge in [0.2, 0.25) is 11.8 Å². The van der Waals surface area contributed by atoms with Crippen molar-refractivity contribution in [1.82, 2.24) is 15.1 Å². The fraction of sp³-hybridized carbons (Fsp3) is 0.652. The van der Waals surface area contributed by atoms with Crippen molar-refractivity contribution in [3.05, 3.63) is 23.8 Å². The average Bonchev–Trinajstić information content (AvgIpc) is 3.27. The fourth-order valence-electron chi connectivity index (χ4n) is 5.68. The Labute approximate surface area is 178 Å². The van der Waals surface area contributed by atoms with Gasteiger partial charge in [0, 0.05) is 26.6 Å². The summed E-state index contributed by atoms with van der Waals surface area (Å²) in [5, 5.41) is 3.24. The van der Waals surface area contributed by atoms with Crippen molar-refractivity contribution in [3.63, 3.8) is 0 Å². The number of methoxy groups -OCH3 is 1. The lowest BCUT2D eigenvalue weighted by Gasteiger charge is -2.46. The number of benzene rings is 1. The first-order chi connectivity index (χ1) is 14.4. The van der Waals surface area contributed by atoms with Crippen LogP contribution < -0.4 is 14.8 Å². The third kappa shape index (κ3) is 3.43. The Morgan fingerprint density at radius 2 is 1.83 bits per heavy atom. The van der Waals surface area contributed by atoms with Gasteiger partial charge in [-0.1, -0.05) is 6.07 Å². The molecule has 1 N–H and O–H groups in total. The van der Waals surface area contributed by atoms with Gasteiger partial charge in [0.25, 0.3) is 0 Å². The number of likely N-dealkylation sites (tertiary alicyclic amines) is 1. The van der Waals surface area contributed by atoms with Crippen molar-refractivity contribution in [2.45, 2.75) is 70.1 Å². The van der Waals surface area contributed by atoms with Gasteiger partial charge in [0.05, 0.1) is 13.7 Å². The monoisotopic (exact) mass is 415 g/mol. The van der Waals surface area contributed by atoms with Crippen LogP contribution in [0.1, 0.15) is 57.9 Å². The molecule has 3 fully saturated rings. The quantitative estimate of drug-likeness (QED) is 0.801. The van der Waals surface area contributed by atoms with E-state index in [1.807, 2.05) is 24.0 Å². The molecular weight excluding hydrogens is 382 g/mol. The van der Waals surface area contributed by atoms with E-state index in [1.165, 1.54) is 0 Å². The molecule has 164 valence electrons. The molecule has 2 heterocycles. The molecule has 2 spiro atoms. The van der Waals surface area contributed by atoms with Gasteiger partial charge in [-0.15, -0.1) is 0 Å². The molecule has 1 saturated carbocycles. The smallest absolute Gasteiger partial charge is 0.247 e. The Bertz CT molecular complexity index is 811. The molecular formula is C23H33N3O4. The molecule has 1 aliphatic carbocycles. The molecule has 4 rings (SSSR count). The summed E-state index contributed by atoms with van der Waals surface area (Å²) in [5.41, 5.74) is 0.00864. The second-order valence-corrected chi connectivity index (χ2v) is 8.77. The molecule has 3 aliphatic rings. The number of rotatable bonds is 5. The number of piperidine rings is 1. The van der Waals surface area contributed by atoms with E-state index in [2.05, 4.69) is 16.3 Å². The zero-order chi connectivity index (χ0) is 21.4. The van der Waals surface area contributed by atoms with Gasteiger partial charge in [-0.25, -0.2) is 0 Å². The van der Waals surface area contributed by atoms with Crippen molar-refractivity contribution >= 4 is 11.8 Å². The summed E-state index contributed by atoms with van der Waals surface area (Å²) < 4.78 is 11.1. The molecule has 0 unspecified atom stereocenters. The molecule has 30 heavy (non-hydrogen) atoms. The lowest BCUT2D eigenvalue weighted by atomic mass is 9.85. The van der Waals surface area contributed by atoms with E-state index in [4.69, 9.17) is 9.47 Å². The lowest BCUT2D eigenvalue weighted by Crippen LogP contribution is -2.61. The number of hydrogen-bond acceptors (Lipinski definition) is 5. The number of amides is 2. The van der Waals surface area contributed by atoms with Gasteiger partial charge in [0.15, 0.2) is 11.5 Å². The number of nitrogens with zero attached hydrogens (tertiary/aromatic N) is 2. The van der Waals surface area contributed by atoms with Gasteiger partial charge in [0.1, 0.15) is 11.2 Å². The maximum absolute atomic E-state index is 13.1. The number of hydrogen-bond donors (Lipinski definition) is 1. The standard InChI is InChI=1S/C23H33N3O4/c1-4-30-19-8-7-18(15-20(19)29-3)16-25-13-11-22(12-14-25)21(28)24-23(9-5-6-10-23)26(22)17(2)27/h7-8,15H,4-6,9-14,16H2,1-3H3,(H,24,28). The molecule has 0 radical (unpaired) electrons. The molecule has 0 bridgehead atoms. The highest BCUT2D eigenvalue weighted by atomic mass is 16.5. The van der Waals surface area contributed by atoms with Crippen molar-refractivity contribution < 1.29 is 19.1 Å². The minimum atomic E-state index is -0.691. The largest absolute Gasteiger partial charge is 0.493 e. The normalized spacial score (nSPS) is 22.5. The molecule has 2 aliphatic heterocycles. The fourth-order valence-corrected chi connectivity index (χ4v) is 5.68. The summed E-state index contributed by atoms with van der Waals surface area (Å²) in [6.07, 6.45) is 5.21. The SMILES string of the molecule is CCOc1ccc(CN2CCC3(CC2)C(=O)NC2(CCCC2)N3C(C)=O)cc1OC. The van der Waals surface area contributed by atoms with E-state index in [1.54, 1.807) is 14.0 Å². The zero-order valence-corrected chi connectivity index (χ0v) is 18.3. The second kappa shape index (κ2) is 8.10. The Balaban J connectivity index is 1.47. The van der Waals surface area contributed by atoms with E-state index in [0.29, 0.717) is 19.4 Å². The van der Waals surface area contributed by atoms with Crippen LogP contribution in [-0.4, -0.2) is 59.6 Å². The van der Waals surface area contributed by atoms with Gasteiger partial charge in [-0.3, -0.25) is 14.5 Å². The van der Waals surface area contributed by atoms with E-state index >= 15 is 0 Å². The van der Waals surface area contributed by atoms with Crippen molar-refractivity contribution in [2.75, 3.05) is 26.8 Å². The minimum absolute atomic E-state index is 0.0138. The first-order valence-electron chi connectivity index (χ1n) is 11.1. The van der Waals surface area contributed by atoms with Crippen LogP contribution in [0.25, 0.3) is 0 Å². The predicted octanol–water partition coefficient (Wildman–Crippen LogP) is 2.68. The van der Waals surface area contributed by atoms with E-state index in [9.17, 15) is 9.59 Å². The summed E-state index contributed by atoms with van der Waals surface area (Å²) in [4.78, 5) is 30.0. The van der Waals surface area contributed by atoms with Gasteiger partial charge in [-0.2, -0.15) is 0 Å². The molecule has 7 heteroatoms. The Kier molecular flexibility index (Phi) is 5.66. The molecule has 2 amide bonds. The van der Waals surface area contributed by atoms with Crippen LogP contribution >= 0.6 is 0 Å². The van der Waals surface area contributed by atoms with Crippen molar-refractivity contribution in [3.8, 4) is 11.5 Å². The third-order valence-electron chi connectivity index (χ3n) is 6.99. The maximum atomic E-state index is 13.1. The van der Waals surface area contributed by atoms with Crippen LogP contribution in [0.15, 0.2) is 18.2 Å². The van der Waals surface area contributed by atoms with Gasteiger partial charge in [-0.05, 0) is 63.1 Å². The lowest BCUT2D eigenvalue weighted by molar-refractivity contribution is -0.147. The summed E-state index contributed by atoms with van der Waals surface area (Å²) in [7, 11) is 1.65. The predicted molar refractivity (Wildman–Crippen MR) is 113 cm³/mol. The highest BCUT2D eigenvalue weighted by molar-refractivity contribution is 5.95. The summed E-state index contributed by atoms with van der Waals surface area (Å²) in [6, 6.07) is 6.04. The highest BCUT2D eigenvalue weighted by Gasteiger charge is 2.62. The van der Waals surface area contributed by atoms with Gasteiger partial charge >= 0.3 is 0 Å². The van der Waals surface area contributed by atoms with E-state index < -0.39 is 11.2 Å². The Morgan fingerprint density at radius 1 is 1.13 bits per heavy atom. The van der Waals surface area contributed by atoms with Crippen LogP contribution in [0.3, 0.4) is 0 Å². The molecule has 0 atom stereocenters. The van der Waals surface area contributed by atoms with Crippen LogP contribution in [-0.2, 0) is 16.1 Å². The molecule has 1 aromatic rings. The summed E-state index contributed by atoms with van der Waals surface area (Å²) in [5.74, 6) is 1.55. The van der Waals surface area contributed by atoms with Crippen molar-refractivity contribution in [2.24, 2.45) is 0 Å². The van der Waals surface area contributed by atoms with Gasteiger partial charge < -0.3 is 19.7 Å². The Morgan fingerprint density at radius 3 is 2.43 bits per heavy atom. The Hall–Kier alpha value is -2.28. The molecule has 0 aromatic heterocycles. The summed E-state index contributed by atoms with van der Waals surface area (Å²) in [6.45, 7) is 6.51. The molecule has 2 saturated heterocycles. The van der Waals surface area contributed by atoms with Crippen LogP contribution in [0.2, 0.25) is 0 Å². The number of nitrogens with one attached hydrogen (secondary N) is 1. The molecule has 7 nitrogen and oxygen atoms in total. The van der Waals surface area contributed by atoms with Crippen LogP contribution in [0.4, 0.5) is 0 Å². The third-order valence-corrected chi connectivity index (χ3v) is 6.99. The maximum Gasteiger partial charge on any atom is 0.247 e. The van der Waals surface area contributed by atoms with Crippen LogP contribution in [0.5, 0.6) is 11.5 Å². The highest BCUT2D eigenvalue weighted by Crippen LogP contribution is 2.46. The second-order valence-electron chi connectivity index (χ2n) is 8.77. The first-order valence-corrected chi connectivity index (χ1v) is 11.1. The van der Waals surface area contributed by atoms with Crippen molar-refractivity contribution in [1.29, 1.82) is 0 Å². The minimum Gasteiger partial charge on any atom is -0.493 e. The average molecular weight is 416 g/mol. The first kappa shape index (κ1) is 21.0. The van der Waals surface area contributed by atoms with E-state index in [0.717, 1.165) is 62.4 Å². The zero-order valence-electron chi connectivity index (χ0n) is 18.3. The number of carbonyl (C=O) groups excluding carboxylic acids is 2. The number of ether oxygens (including phenoxy) is 2. The molecule has 1 aromatic carbocycles. The van der Waals surface area contributed by atoms with Crippen LogP contribution in [0, 0.1) is 0 Å². The topological polar surface area (TPSA) is 71.1 Å². The number of carbonyl (C=O) groups is 2. The van der Waals surface area contributed by atoms with E-state index in [-0.39, 0.29) is 11.8 Å². The summed E-state index contributed by atoms with van der Waals surface area (Å²) >= 11 is 0.